The third kappa shape index (κ3) is 21.1. The molecule has 0 amide bonds. The summed E-state index contributed by atoms with van der Waals surface area (Å²) < 4.78 is 9.73. The number of nitrogens with zero attached hydrogens (tertiary/aromatic N) is 1. The monoisotopic (exact) mass is 574 g/mol. The average Bonchev–Trinajstić information content (AvgIpc) is 2.73. The Morgan fingerprint density at radius 1 is 0.829 bits per heavy atom. The largest absolute Gasteiger partial charge is 0.480 e. The second kappa shape index (κ2) is 21.3. The fourth-order valence-electron chi connectivity index (χ4n) is 1.66. The number of rotatable bonds is 8. The summed E-state index contributed by atoms with van der Waals surface area (Å²) in [5.74, 6) is -1.47. The first-order valence-corrected chi connectivity index (χ1v) is 11.3. The maximum absolute atomic E-state index is 10.2. The predicted molar refractivity (Wildman–Crippen MR) is 140 cm³/mol. The molecule has 2 aromatic carbocycles. The fraction of sp³-hybridized carbons (Fsp3) is 0.364. The minimum Gasteiger partial charge on any atom is -0.480 e. The molecule has 0 aromatic heterocycles. The first-order chi connectivity index (χ1) is 16.4. The summed E-state index contributed by atoms with van der Waals surface area (Å²) >= 11 is 22.7. The molecule has 2 aromatic rings. The molecule has 0 radical (unpaired) electrons. The van der Waals surface area contributed by atoms with E-state index in [-0.39, 0.29) is 6.61 Å². The van der Waals surface area contributed by atoms with E-state index >= 15 is 0 Å². The molecule has 0 aliphatic carbocycles. The van der Waals surface area contributed by atoms with Crippen LogP contribution in [0.1, 0.15) is 0 Å². The number of carboxylic acid groups (broad SMARTS) is 2. The molecule has 4 N–H and O–H groups in total. The zero-order valence-electron chi connectivity index (χ0n) is 19.7. The van der Waals surface area contributed by atoms with Crippen LogP contribution in [-0.2, 0) is 9.59 Å². The van der Waals surface area contributed by atoms with Crippen molar-refractivity contribution in [3.05, 3.63) is 56.5 Å². The van der Waals surface area contributed by atoms with Crippen molar-refractivity contribution in [2.45, 2.75) is 0 Å². The summed E-state index contributed by atoms with van der Waals surface area (Å²) in [6.45, 7) is 0.190. The van der Waals surface area contributed by atoms with Crippen molar-refractivity contribution < 1.29 is 34.4 Å². The third-order valence-corrected chi connectivity index (χ3v) is 4.10. The molecule has 35 heavy (non-hydrogen) atoms. The fourth-order valence-corrected chi connectivity index (χ4v) is 2.59. The first kappa shape index (κ1) is 35.2. The number of likely N-dealkylation sites (N-methyl/N-ethyl adjacent to an activating group) is 1. The zero-order valence-corrected chi connectivity index (χ0v) is 22.7. The lowest BCUT2D eigenvalue weighted by Gasteiger charge is -2.04. The van der Waals surface area contributed by atoms with Crippen molar-refractivity contribution in [2.75, 3.05) is 54.6 Å². The van der Waals surface area contributed by atoms with Gasteiger partial charge in [-0.15, -0.1) is 0 Å². The van der Waals surface area contributed by atoms with Crippen LogP contribution in [0.3, 0.4) is 0 Å². The van der Waals surface area contributed by atoms with E-state index in [0.29, 0.717) is 31.6 Å². The van der Waals surface area contributed by atoms with Gasteiger partial charge in [0.25, 0.3) is 0 Å². The molecule has 0 fully saturated rings. The molecule has 13 heteroatoms. The molecule has 9 nitrogen and oxygen atoms in total. The smallest absolute Gasteiger partial charge is 0.341 e. The number of ether oxygens (including phenoxy) is 2. The normalized spacial score (nSPS) is 9.43. The molecule has 0 aliphatic rings. The molecule has 0 aliphatic heterocycles. The van der Waals surface area contributed by atoms with Gasteiger partial charge in [0, 0.05) is 16.6 Å². The highest BCUT2D eigenvalue weighted by molar-refractivity contribution is 6.36. The highest BCUT2D eigenvalue weighted by Gasteiger charge is 2.05. The number of carbonyl (C=O) groups is 2. The molecule has 0 spiro atoms. The van der Waals surface area contributed by atoms with Gasteiger partial charge in [0.1, 0.15) is 11.5 Å². The van der Waals surface area contributed by atoms with E-state index in [9.17, 15) is 9.59 Å². The van der Waals surface area contributed by atoms with Gasteiger partial charge in [-0.05, 0) is 64.6 Å². The summed E-state index contributed by atoms with van der Waals surface area (Å²) in [5, 5.41) is 29.2. The van der Waals surface area contributed by atoms with E-state index in [4.69, 9.17) is 71.2 Å². The maximum Gasteiger partial charge on any atom is 0.341 e. The number of benzene rings is 2. The van der Waals surface area contributed by atoms with Gasteiger partial charge in [0.05, 0.1) is 16.7 Å². The number of aliphatic hydroxyl groups excluding tert-OH is 1. The van der Waals surface area contributed by atoms with Crippen molar-refractivity contribution in [3.63, 3.8) is 0 Å². The summed E-state index contributed by atoms with van der Waals surface area (Å²) in [6, 6.07) is 9.16. The van der Waals surface area contributed by atoms with E-state index in [1.165, 1.54) is 24.3 Å². The zero-order chi connectivity index (χ0) is 27.4. The number of aliphatic carboxylic acids is 2. The van der Waals surface area contributed by atoms with Crippen LogP contribution in [0, 0.1) is 0 Å². The summed E-state index contributed by atoms with van der Waals surface area (Å²) in [6.07, 6.45) is 0. The Bertz CT molecular complexity index is 821. The van der Waals surface area contributed by atoms with Gasteiger partial charge in [-0.25, -0.2) is 9.59 Å². The topological polar surface area (TPSA) is 129 Å². The van der Waals surface area contributed by atoms with Crippen molar-refractivity contribution >= 4 is 58.3 Å². The number of halogens is 4. The number of hydrogen-bond donors (Lipinski definition) is 4. The number of hydrogen-bond acceptors (Lipinski definition) is 7. The van der Waals surface area contributed by atoms with Gasteiger partial charge in [-0.2, -0.15) is 0 Å². The minimum atomic E-state index is -1.05. The maximum atomic E-state index is 10.2. The van der Waals surface area contributed by atoms with E-state index in [1.54, 1.807) is 12.1 Å². The molecule has 198 valence electrons. The predicted octanol–water partition coefficient (Wildman–Crippen LogP) is 4.29. The second-order valence-corrected chi connectivity index (χ2v) is 8.23. The lowest BCUT2D eigenvalue weighted by atomic mass is 10.3. The molecule has 0 unspecified atom stereocenters. The molecule has 0 atom stereocenters. The third-order valence-electron chi connectivity index (χ3n) is 3.04. The summed E-state index contributed by atoms with van der Waals surface area (Å²) in [5.41, 5.74) is 0. The van der Waals surface area contributed by atoms with Crippen LogP contribution in [0.2, 0.25) is 20.1 Å². The van der Waals surface area contributed by atoms with E-state index in [0.717, 1.165) is 6.54 Å². The highest BCUT2D eigenvalue weighted by Crippen LogP contribution is 2.28. The highest BCUT2D eigenvalue weighted by atomic mass is 35.5. The molecular formula is C22H30Cl4N2O7. The van der Waals surface area contributed by atoms with Gasteiger partial charge in [0.2, 0.25) is 0 Å². The summed E-state index contributed by atoms with van der Waals surface area (Å²) in [7, 11) is 7.60. The Morgan fingerprint density at radius 2 is 1.17 bits per heavy atom. The first-order valence-electron chi connectivity index (χ1n) is 9.81. The van der Waals surface area contributed by atoms with Crippen molar-refractivity contribution in [1.82, 2.24) is 10.2 Å². The van der Waals surface area contributed by atoms with Gasteiger partial charge in [0.15, 0.2) is 13.2 Å². The van der Waals surface area contributed by atoms with Crippen molar-refractivity contribution in [1.29, 1.82) is 0 Å². The lowest BCUT2D eigenvalue weighted by molar-refractivity contribution is -0.140. The van der Waals surface area contributed by atoms with Gasteiger partial charge < -0.3 is 35.0 Å². The molecule has 0 saturated heterocycles. The van der Waals surface area contributed by atoms with Crippen LogP contribution in [0.25, 0.3) is 0 Å². The van der Waals surface area contributed by atoms with E-state index in [1.807, 2.05) is 33.1 Å². The van der Waals surface area contributed by atoms with Crippen LogP contribution < -0.4 is 14.8 Å². The van der Waals surface area contributed by atoms with Crippen molar-refractivity contribution in [3.8, 4) is 11.5 Å². The Balaban J connectivity index is 0. The average molecular weight is 576 g/mol. The van der Waals surface area contributed by atoms with E-state index in [2.05, 4.69) is 5.32 Å². The Kier molecular flexibility index (Phi) is 21.4. The Labute approximate surface area is 225 Å². The molecular weight excluding hydrogens is 546 g/mol. The Morgan fingerprint density at radius 3 is 1.37 bits per heavy atom. The standard InChI is InChI=1S/2C8H6Cl2O3.C4H11NO.C2H7N/c2*9-5-1-2-7(6(10)3-5)13-4-8(11)12;1-5(2)3-4-6;1-3-2/h2*1-3H,4H2,(H,11,12);6H,3-4H2,1-2H3;3H,1-2H3. The van der Waals surface area contributed by atoms with Gasteiger partial charge in [-0.1, -0.05) is 46.4 Å². The SMILES string of the molecule is CN(C)CCO.CNC.O=C(O)COc1ccc(Cl)cc1Cl.O=C(O)COc1ccc(Cl)cc1Cl. The van der Waals surface area contributed by atoms with Crippen molar-refractivity contribution in [2.24, 2.45) is 0 Å². The second-order valence-electron chi connectivity index (χ2n) is 6.54. The summed E-state index contributed by atoms with van der Waals surface area (Å²) in [4.78, 5) is 22.2. The van der Waals surface area contributed by atoms with Crippen LogP contribution >= 0.6 is 46.4 Å². The van der Waals surface area contributed by atoms with E-state index < -0.39 is 25.2 Å². The number of nitrogens with one attached hydrogen (secondary N) is 1. The van der Waals surface area contributed by atoms with Gasteiger partial charge in [-0.3, -0.25) is 0 Å². The molecule has 0 heterocycles. The molecule has 2 rings (SSSR count). The number of aliphatic hydroxyl groups is 1. The Hall–Kier alpha value is -1.98. The van der Waals surface area contributed by atoms with Crippen LogP contribution in [0.5, 0.6) is 11.5 Å². The molecule has 0 saturated carbocycles. The van der Waals surface area contributed by atoms with Crippen LogP contribution in [0.15, 0.2) is 36.4 Å². The quantitative estimate of drug-likeness (QED) is 0.364. The van der Waals surface area contributed by atoms with Gasteiger partial charge >= 0.3 is 11.9 Å². The lowest BCUT2D eigenvalue weighted by Crippen LogP contribution is -2.15. The number of carboxylic acids is 2. The van der Waals surface area contributed by atoms with Crippen LogP contribution in [-0.4, -0.2) is 86.7 Å². The molecule has 0 bridgehead atoms. The minimum absolute atomic E-state index is 0.257. The van der Waals surface area contributed by atoms with Crippen LogP contribution in [0.4, 0.5) is 0 Å².